The van der Waals surface area contributed by atoms with Crippen LogP contribution in [0.3, 0.4) is 0 Å². The molecule has 0 aliphatic carbocycles. The SMILES string of the molecule is Cc1cccc(C)c1-n1c(C)cc(/C=N\NC(=O)CN(c2cccc3ccccc23)S(C)(=O)=O)c1C. The molecular formula is C28H30N4O3S. The number of aryl methyl sites for hydroxylation is 3. The first-order valence-electron chi connectivity index (χ1n) is 11.6. The van der Waals surface area contributed by atoms with E-state index in [-0.39, 0.29) is 6.54 Å². The smallest absolute Gasteiger partial charge is 0.260 e. The predicted molar refractivity (Wildman–Crippen MR) is 147 cm³/mol. The number of sulfonamides is 1. The van der Waals surface area contributed by atoms with Crippen molar-refractivity contribution in [3.05, 3.63) is 94.8 Å². The molecule has 0 bridgehead atoms. The largest absolute Gasteiger partial charge is 0.317 e. The van der Waals surface area contributed by atoms with Crippen LogP contribution in [-0.2, 0) is 14.8 Å². The number of benzene rings is 3. The van der Waals surface area contributed by atoms with Crippen molar-refractivity contribution in [3.63, 3.8) is 0 Å². The third-order valence-corrected chi connectivity index (χ3v) is 7.38. The minimum Gasteiger partial charge on any atom is -0.317 e. The van der Waals surface area contributed by atoms with Gasteiger partial charge in [0.2, 0.25) is 10.0 Å². The van der Waals surface area contributed by atoms with E-state index in [0.29, 0.717) is 5.69 Å². The van der Waals surface area contributed by atoms with Crippen molar-refractivity contribution in [1.82, 2.24) is 9.99 Å². The molecule has 0 fully saturated rings. The second-order valence-electron chi connectivity index (χ2n) is 8.96. The van der Waals surface area contributed by atoms with Crippen molar-refractivity contribution < 1.29 is 13.2 Å². The fourth-order valence-electron chi connectivity index (χ4n) is 4.57. The van der Waals surface area contributed by atoms with E-state index in [1.54, 1.807) is 18.3 Å². The highest BCUT2D eigenvalue weighted by Gasteiger charge is 2.22. The first-order chi connectivity index (χ1) is 17.1. The molecular weight excluding hydrogens is 472 g/mol. The number of rotatable bonds is 7. The Labute approximate surface area is 212 Å². The van der Waals surface area contributed by atoms with Gasteiger partial charge in [-0.15, -0.1) is 0 Å². The molecule has 0 saturated heterocycles. The molecule has 1 aromatic heterocycles. The average Bonchev–Trinajstić information content (AvgIpc) is 3.09. The van der Waals surface area contributed by atoms with Crippen LogP contribution in [0.25, 0.3) is 16.5 Å². The molecule has 0 radical (unpaired) electrons. The molecule has 3 aromatic carbocycles. The van der Waals surface area contributed by atoms with E-state index in [1.165, 1.54) is 11.1 Å². The topological polar surface area (TPSA) is 83.8 Å². The Kier molecular flexibility index (Phi) is 6.99. The van der Waals surface area contributed by atoms with Crippen LogP contribution in [0.1, 0.15) is 28.1 Å². The summed E-state index contributed by atoms with van der Waals surface area (Å²) in [5, 5.41) is 5.77. The second kappa shape index (κ2) is 9.99. The van der Waals surface area contributed by atoms with E-state index in [2.05, 4.69) is 41.1 Å². The zero-order valence-corrected chi connectivity index (χ0v) is 21.9. The molecule has 1 heterocycles. The lowest BCUT2D eigenvalue weighted by atomic mass is 10.1. The summed E-state index contributed by atoms with van der Waals surface area (Å²) in [4.78, 5) is 12.7. The summed E-state index contributed by atoms with van der Waals surface area (Å²) >= 11 is 0. The third-order valence-electron chi connectivity index (χ3n) is 6.25. The van der Waals surface area contributed by atoms with Crippen LogP contribution >= 0.6 is 0 Å². The molecule has 0 unspecified atom stereocenters. The van der Waals surface area contributed by atoms with Crippen molar-refractivity contribution in [2.75, 3.05) is 17.1 Å². The maximum Gasteiger partial charge on any atom is 0.260 e. The van der Waals surface area contributed by atoms with Crippen LogP contribution in [0.15, 0.2) is 71.8 Å². The number of nitrogens with one attached hydrogen (secondary N) is 1. The Morgan fingerprint density at radius 2 is 1.61 bits per heavy atom. The molecule has 8 heteroatoms. The van der Waals surface area contributed by atoms with Crippen LogP contribution in [0, 0.1) is 27.7 Å². The molecule has 0 aliphatic heterocycles. The average molecular weight is 503 g/mol. The lowest BCUT2D eigenvalue weighted by molar-refractivity contribution is -0.119. The summed E-state index contributed by atoms with van der Waals surface area (Å²) in [5.74, 6) is -0.534. The van der Waals surface area contributed by atoms with Gasteiger partial charge < -0.3 is 4.57 Å². The number of fused-ring (bicyclic) bond motifs is 1. The van der Waals surface area contributed by atoms with Gasteiger partial charge in [-0.05, 0) is 56.3 Å². The normalized spacial score (nSPS) is 11.8. The van der Waals surface area contributed by atoms with E-state index in [4.69, 9.17) is 0 Å². The molecule has 1 N–H and O–H groups in total. The van der Waals surface area contributed by atoms with Gasteiger partial charge in [-0.3, -0.25) is 9.10 Å². The fraction of sp³-hybridized carbons (Fsp3) is 0.214. The van der Waals surface area contributed by atoms with Crippen molar-refractivity contribution in [2.45, 2.75) is 27.7 Å². The van der Waals surface area contributed by atoms with Crippen molar-refractivity contribution in [2.24, 2.45) is 5.10 Å². The minimum atomic E-state index is -3.71. The number of carbonyl (C=O) groups is 1. The zero-order valence-electron chi connectivity index (χ0n) is 21.1. The number of hydrazone groups is 1. The standard InChI is InChI=1S/C28H30N4O3S/c1-19-10-8-11-20(2)28(19)32-21(3)16-24(22(32)4)17-29-30-27(33)18-31(36(5,34)35)26-15-9-13-23-12-6-7-14-25(23)26/h6-17H,18H2,1-5H3,(H,30,33)/b29-17-. The van der Waals surface area contributed by atoms with Crippen LogP contribution < -0.4 is 9.73 Å². The monoisotopic (exact) mass is 502 g/mol. The number of amides is 1. The van der Waals surface area contributed by atoms with Crippen LogP contribution in [-0.4, -0.2) is 37.9 Å². The molecule has 186 valence electrons. The number of aromatic nitrogens is 1. The number of anilines is 1. The Balaban J connectivity index is 1.55. The summed E-state index contributed by atoms with van der Waals surface area (Å²) < 4.78 is 28.5. The number of carbonyl (C=O) groups excluding carboxylic acids is 1. The number of para-hydroxylation sites is 1. The molecule has 4 rings (SSSR count). The first-order valence-corrected chi connectivity index (χ1v) is 13.5. The summed E-state index contributed by atoms with van der Waals surface area (Å²) in [5.41, 5.74) is 9.32. The number of hydrogen-bond donors (Lipinski definition) is 1. The Bertz CT molecular complexity index is 1560. The van der Waals surface area contributed by atoms with E-state index in [0.717, 1.165) is 44.0 Å². The van der Waals surface area contributed by atoms with Gasteiger partial charge >= 0.3 is 0 Å². The maximum absolute atomic E-state index is 12.7. The lowest BCUT2D eigenvalue weighted by Crippen LogP contribution is -2.39. The van der Waals surface area contributed by atoms with Gasteiger partial charge in [0.1, 0.15) is 6.54 Å². The molecule has 0 saturated carbocycles. The lowest BCUT2D eigenvalue weighted by Gasteiger charge is -2.23. The first kappa shape index (κ1) is 25.2. The van der Waals surface area contributed by atoms with Crippen molar-refractivity contribution in [3.8, 4) is 5.69 Å². The van der Waals surface area contributed by atoms with Crippen LogP contribution in [0.4, 0.5) is 5.69 Å². The highest BCUT2D eigenvalue weighted by molar-refractivity contribution is 7.92. The van der Waals surface area contributed by atoms with Gasteiger partial charge in [-0.1, -0.05) is 54.6 Å². The van der Waals surface area contributed by atoms with E-state index >= 15 is 0 Å². The predicted octanol–water partition coefficient (Wildman–Crippen LogP) is 4.78. The maximum atomic E-state index is 12.7. The summed E-state index contributed by atoms with van der Waals surface area (Å²) in [6, 6.07) is 21.1. The van der Waals surface area contributed by atoms with Gasteiger partial charge in [-0.2, -0.15) is 5.10 Å². The summed E-state index contributed by atoms with van der Waals surface area (Å²) in [7, 11) is -3.71. The molecule has 0 atom stereocenters. The van der Waals surface area contributed by atoms with E-state index in [9.17, 15) is 13.2 Å². The van der Waals surface area contributed by atoms with E-state index < -0.39 is 15.9 Å². The molecule has 7 nitrogen and oxygen atoms in total. The quantitative estimate of drug-likeness (QED) is 0.292. The summed E-state index contributed by atoms with van der Waals surface area (Å²) in [6.07, 6.45) is 2.68. The van der Waals surface area contributed by atoms with Gasteiger partial charge in [0.05, 0.1) is 23.8 Å². The van der Waals surface area contributed by atoms with Crippen molar-refractivity contribution >= 4 is 38.6 Å². The van der Waals surface area contributed by atoms with Crippen LogP contribution in [0.2, 0.25) is 0 Å². The Morgan fingerprint density at radius 3 is 2.31 bits per heavy atom. The third kappa shape index (κ3) is 5.04. The Hall–Kier alpha value is -3.91. The number of hydrogen-bond acceptors (Lipinski definition) is 4. The second-order valence-corrected chi connectivity index (χ2v) is 10.9. The van der Waals surface area contributed by atoms with Gasteiger partial charge in [-0.25, -0.2) is 13.8 Å². The molecule has 4 aromatic rings. The Morgan fingerprint density at radius 1 is 0.972 bits per heavy atom. The summed E-state index contributed by atoms with van der Waals surface area (Å²) in [6.45, 7) is 7.82. The van der Waals surface area contributed by atoms with E-state index in [1.807, 2.05) is 56.3 Å². The number of nitrogens with zero attached hydrogens (tertiary/aromatic N) is 3. The van der Waals surface area contributed by atoms with Gasteiger partial charge in [0.15, 0.2) is 0 Å². The zero-order chi connectivity index (χ0) is 26.0. The van der Waals surface area contributed by atoms with Crippen LogP contribution in [0.5, 0.6) is 0 Å². The van der Waals surface area contributed by atoms with Crippen molar-refractivity contribution in [1.29, 1.82) is 0 Å². The highest BCUT2D eigenvalue weighted by Crippen LogP contribution is 2.28. The highest BCUT2D eigenvalue weighted by atomic mass is 32.2. The van der Waals surface area contributed by atoms with Gasteiger partial charge in [0.25, 0.3) is 5.91 Å². The molecule has 0 aliphatic rings. The minimum absolute atomic E-state index is 0.383. The van der Waals surface area contributed by atoms with Gasteiger partial charge in [0, 0.05) is 22.3 Å². The fourth-order valence-corrected chi connectivity index (χ4v) is 5.44. The molecule has 0 spiro atoms. The molecule has 36 heavy (non-hydrogen) atoms. The molecule has 1 amide bonds.